The van der Waals surface area contributed by atoms with E-state index in [4.69, 9.17) is 9.47 Å². The van der Waals surface area contributed by atoms with E-state index in [2.05, 4.69) is 12.2 Å². The standard InChI is InChI=1S/C13H18N2O4/c1-3-18-12(16)14-10-8-5-6-9(7-8)11(10)15(14)13(17)19-4-2/h5-6,8-11H,3-4,7H2,1-2H3/t8-,9+,10+,11-. The molecule has 0 aromatic rings. The summed E-state index contributed by atoms with van der Waals surface area (Å²) in [4.78, 5) is 24.0. The number of hydrogen-bond donors (Lipinski definition) is 0. The van der Waals surface area contributed by atoms with Crippen LogP contribution in [-0.4, -0.2) is 47.5 Å². The van der Waals surface area contributed by atoms with E-state index in [9.17, 15) is 9.59 Å². The average Bonchev–Trinajstić information content (AvgIpc) is 2.87. The van der Waals surface area contributed by atoms with Gasteiger partial charge in [0.25, 0.3) is 0 Å². The SMILES string of the molecule is CCOC(=O)N1[C@@H]2[C@@H]([C@H]3C=C[C@@H]2C3)N1C(=O)OCC. The molecule has 19 heavy (non-hydrogen) atoms. The number of fused-ring (bicyclic) bond motifs is 5. The number of carbonyl (C=O) groups excluding carboxylic acids is 2. The third-order valence-electron chi connectivity index (χ3n) is 4.08. The van der Waals surface area contributed by atoms with Gasteiger partial charge in [-0.25, -0.2) is 19.6 Å². The number of ether oxygens (including phenoxy) is 2. The molecular weight excluding hydrogens is 248 g/mol. The maximum absolute atomic E-state index is 12.0. The van der Waals surface area contributed by atoms with Crippen molar-refractivity contribution in [2.75, 3.05) is 13.2 Å². The Labute approximate surface area is 111 Å². The van der Waals surface area contributed by atoms with Gasteiger partial charge in [-0.3, -0.25) is 0 Å². The van der Waals surface area contributed by atoms with Gasteiger partial charge in [0, 0.05) is 11.8 Å². The molecule has 0 N–H and O–H groups in total. The maximum Gasteiger partial charge on any atom is 0.429 e. The molecule has 0 radical (unpaired) electrons. The molecule has 1 heterocycles. The molecule has 1 saturated heterocycles. The van der Waals surface area contributed by atoms with Gasteiger partial charge in [0.1, 0.15) is 0 Å². The summed E-state index contributed by atoms with van der Waals surface area (Å²) in [6, 6.07) is 0.108. The van der Waals surface area contributed by atoms with E-state index in [1.165, 1.54) is 10.0 Å². The number of nitrogens with zero attached hydrogens (tertiary/aromatic N) is 2. The molecule has 0 spiro atoms. The van der Waals surface area contributed by atoms with Crippen LogP contribution in [0, 0.1) is 11.8 Å². The minimum Gasteiger partial charge on any atom is -0.448 e. The third-order valence-corrected chi connectivity index (χ3v) is 4.08. The first-order valence-corrected chi connectivity index (χ1v) is 6.79. The zero-order valence-electron chi connectivity index (χ0n) is 11.1. The molecule has 0 unspecified atom stereocenters. The highest BCUT2D eigenvalue weighted by Gasteiger charge is 2.64. The van der Waals surface area contributed by atoms with E-state index in [0.717, 1.165) is 6.42 Å². The molecule has 6 nitrogen and oxygen atoms in total. The predicted molar refractivity (Wildman–Crippen MR) is 66.0 cm³/mol. The number of amides is 2. The van der Waals surface area contributed by atoms with E-state index in [0.29, 0.717) is 25.0 Å². The van der Waals surface area contributed by atoms with Crippen molar-refractivity contribution in [2.45, 2.75) is 32.4 Å². The Morgan fingerprint density at radius 3 is 1.79 bits per heavy atom. The van der Waals surface area contributed by atoms with Gasteiger partial charge in [-0.2, -0.15) is 0 Å². The van der Waals surface area contributed by atoms with E-state index in [1.807, 2.05) is 0 Å². The third kappa shape index (κ3) is 1.62. The van der Waals surface area contributed by atoms with Gasteiger partial charge >= 0.3 is 12.2 Å². The molecule has 3 rings (SSSR count). The van der Waals surface area contributed by atoms with Gasteiger partial charge in [-0.1, -0.05) is 12.2 Å². The van der Waals surface area contributed by atoms with Crippen LogP contribution in [0.15, 0.2) is 12.2 Å². The number of hydrazine groups is 1. The molecule has 1 aliphatic heterocycles. The molecule has 2 amide bonds. The zero-order valence-corrected chi connectivity index (χ0v) is 11.1. The lowest BCUT2D eigenvalue weighted by atomic mass is 9.90. The van der Waals surface area contributed by atoms with Crippen molar-refractivity contribution in [3.05, 3.63) is 12.2 Å². The quantitative estimate of drug-likeness (QED) is 0.715. The van der Waals surface area contributed by atoms with E-state index in [1.54, 1.807) is 13.8 Å². The van der Waals surface area contributed by atoms with Crippen molar-refractivity contribution >= 4 is 12.2 Å². The fourth-order valence-corrected chi connectivity index (χ4v) is 3.44. The molecule has 2 fully saturated rings. The van der Waals surface area contributed by atoms with Crippen LogP contribution in [0.3, 0.4) is 0 Å². The summed E-state index contributed by atoms with van der Waals surface area (Å²) in [5, 5.41) is 2.86. The van der Waals surface area contributed by atoms with Gasteiger partial charge in [0.2, 0.25) is 0 Å². The summed E-state index contributed by atoms with van der Waals surface area (Å²) < 4.78 is 10.1. The normalized spacial score (nSPS) is 34.0. The molecule has 4 atom stereocenters. The lowest BCUT2D eigenvalue weighted by Gasteiger charge is -2.55. The molecule has 0 aromatic carbocycles. The van der Waals surface area contributed by atoms with Crippen LogP contribution in [0.1, 0.15) is 20.3 Å². The fourth-order valence-electron chi connectivity index (χ4n) is 3.44. The average molecular weight is 266 g/mol. The summed E-state index contributed by atoms with van der Waals surface area (Å²) in [7, 11) is 0. The van der Waals surface area contributed by atoms with Crippen molar-refractivity contribution in [1.29, 1.82) is 0 Å². The van der Waals surface area contributed by atoms with Crippen molar-refractivity contribution < 1.29 is 19.1 Å². The second-order valence-corrected chi connectivity index (χ2v) is 5.02. The van der Waals surface area contributed by atoms with Gasteiger partial charge in [0.15, 0.2) is 0 Å². The highest BCUT2D eigenvalue weighted by molar-refractivity contribution is 5.78. The van der Waals surface area contributed by atoms with Gasteiger partial charge < -0.3 is 9.47 Å². The van der Waals surface area contributed by atoms with Crippen LogP contribution in [0.2, 0.25) is 0 Å². The molecule has 0 aromatic heterocycles. The predicted octanol–water partition coefficient (Wildman–Crippen LogP) is 1.78. The molecule has 104 valence electrons. The Morgan fingerprint density at radius 2 is 1.42 bits per heavy atom. The minimum absolute atomic E-state index is 0.0541. The van der Waals surface area contributed by atoms with Gasteiger partial charge in [0.05, 0.1) is 25.3 Å². The Kier molecular flexibility index (Phi) is 2.88. The van der Waals surface area contributed by atoms with E-state index in [-0.39, 0.29) is 12.1 Å². The molecule has 6 heteroatoms. The van der Waals surface area contributed by atoms with Crippen LogP contribution in [0.5, 0.6) is 0 Å². The largest absolute Gasteiger partial charge is 0.448 e. The molecule has 2 bridgehead atoms. The van der Waals surface area contributed by atoms with Crippen LogP contribution in [0.25, 0.3) is 0 Å². The molecule has 1 saturated carbocycles. The van der Waals surface area contributed by atoms with Crippen LogP contribution in [-0.2, 0) is 9.47 Å². The lowest BCUT2D eigenvalue weighted by molar-refractivity contribution is -0.167. The minimum atomic E-state index is -0.460. The highest BCUT2D eigenvalue weighted by Crippen LogP contribution is 2.51. The zero-order chi connectivity index (χ0) is 13.6. The Bertz CT molecular complexity index is 398. The summed E-state index contributed by atoms with van der Waals surface area (Å²) >= 11 is 0. The van der Waals surface area contributed by atoms with Crippen LogP contribution < -0.4 is 0 Å². The summed E-state index contributed by atoms with van der Waals surface area (Å²) in [5.74, 6) is 0.676. The first-order valence-electron chi connectivity index (χ1n) is 6.79. The van der Waals surface area contributed by atoms with Crippen LogP contribution >= 0.6 is 0 Å². The monoisotopic (exact) mass is 266 g/mol. The number of rotatable bonds is 2. The van der Waals surface area contributed by atoms with Crippen molar-refractivity contribution in [3.8, 4) is 0 Å². The summed E-state index contributed by atoms with van der Waals surface area (Å²) in [5.41, 5.74) is 0. The second-order valence-electron chi connectivity index (χ2n) is 5.02. The maximum atomic E-state index is 12.0. The van der Waals surface area contributed by atoms with Crippen molar-refractivity contribution in [3.63, 3.8) is 0 Å². The smallest absolute Gasteiger partial charge is 0.429 e. The Balaban J connectivity index is 1.82. The molecule has 3 aliphatic rings. The van der Waals surface area contributed by atoms with E-state index < -0.39 is 12.2 Å². The van der Waals surface area contributed by atoms with Crippen molar-refractivity contribution in [1.82, 2.24) is 10.0 Å². The fraction of sp³-hybridized carbons (Fsp3) is 0.692. The Morgan fingerprint density at radius 1 is 1.00 bits per heavy atom. The number of hydrogen-bond acceptors (Lipinski definition) is 4. The summed E-state index contributed by atoms with van der Waals surface area (Å²) in [6.07, 6.45) is 4.36. The topological polar surface area (TPSA) is 59.1 Å². The highest BCUT2D eigenvalue weighted by atomic mass is 16.6. The van der Waals surface area contributed by atoms with Gasteiger partial charge in [-0.15, -0.1) is 0 Å². The Hall–Kier alpha value is -1.72. The molecular formula is C13H18N2O4. The number of carbonyl (C=O) groups is 2. The van der Waals surface area contributed by atoms with Crippen molar-refractivity contribution in [2.24, 2.45) is 11.8 Å². The molecule has 2 aliphatic carbocycles. The second kappa shape index (κ2) is 4.43. The van der Waals surface area contributed by atoms with Gasteiger partial charge in [-0.05, 0) is 20.3 Å². The first-order chi connectivity index (χ1) is 9.19. The van der Waals surface area contributed by atoms with Crippen LogP contribution in [0.4, 0.5) is 9.59 Å². The lowest BCUT2D eigenvalue weighted by Crippen LogP contribution is -2.75. The first kappa shape index (κ1) is 12.3. The van der Waals surface area contributed by atoms with E-state index >= 15 is 0 Å². The summed E-state index contributed by atoms with van der Waals surface area (Å²) in [6.45, 7) is 4.11.